The largest absolute Gasteiger partial charge is 0.467 e. The van der Waals surface area contributed by atoms with Crippen molar-refractivity contribution in [3.05, 3.63) is 24.2 Å². The lowest BCUT2D eigenvalue weighted by Gasteiger charge is -2.66. The molecule has 1 aromatic rings. The highest BCUT2D eigenvalue weighted by Gasteiger charge is 2.62. The standard InChI is InChI=1S/C17H24O2/c1-15-6-12-7-16(2,9-15)11-17(8-12,10-15)14(18)13-4-3-5-19-13/h3-5,12,14,18H,6-11H2,1-2H3. The van der Waals surface area contributed by atoms with Crippen LogP contribution in [0.1, 0.15) is 64.2 Å². The monoisotopic (exact) mass is 260 g/mol. The van der Waals surface area contributed by atoms with Crippen LogP contribution in [0.15, 0.2) is 22.8 Å². The van der Waals surface area contributed by atoms with Crippen LogP contribution >= 0.6 is 0 Å². The van der Waals surface area contributed by atoms with Crippen molar-refractivity contribution in [2.45, 2.75) is 58.5 Å². The van der Waals surface area contributed by atoms with E-state index in [2.05, 4.69) is 13.8 Å². The Kier molecular flexibility index (Phi) is 2.19. The molecule has 0 saturated heterocycles. The van der Waals surface area contributed by atoms with Crippen molar-refractivity contribution in [1.29, 1.82) is 0 Å². The van der Waals surface area contributed by atoms with E-state index in [4.69, 9.17) is 4.42 Å². The van der Waals surface area contributed by atoms with Crippen LogP contribution in [0.4, 0.5) is 0 Å². The molecule has 2 heteroatoms. The molecule has 4 saturated carbocycles. The van der Waals surface area contributed by atoms with Gasteiger partial charge in [0, 0.05) is 5.41 Å². The van der Waals surface area contributed by atoms with Gasteiger partial charge in [-0.15, -0.1) is 0 Å². The molecular formula is C17H24O2. The van der Waals surface area contributed by atoms with Crippen LogP contribution in [0.25, 0.3) is 0 Å². The first kappa shape index (κ1) is 12.0. The molecule has 3 unspecified atom stereocenters. The molecule has 2 nitrogen and oxygen atoms in total. The molecular weight excluding hydrogens is 236 g/mol. The normalized spacial score (nSPS) is 49.5. The van der Waals surface area contributed by atoms with Crippen LogP contribution in [-0.2, 0) is 0 Å². The second-order valence-corrected chi connectivity index (χ2v) is 8.41. The summed E-state index contributed by atoms with van der Waals surface area (Å²) in [7, 11) is 0. The molecule has 0 spiro atoms. The van der Waals surface area contributed by atoms with E-state index in [-0.39, 0.29) is 5.41 Å². The second-order valence-electron chi connectivity index (χ2n) is 8.41. The van der Waals surface area contributed by atoms with Gasteiger partial charge in [0.15, 0.2) is 0 Å². The van der Waals surface area contributed by atoms with Gasteiger partial charge in [0.05, 0.1) is 6.26 Å². The van der Waals surface area contributed by atoms with Gasteiger partial charge in [-0.05, 0) is 67.4 Å². The topological polar surface area (TPSA) is 33.4 Å². The Morgan fingerprint density at radius 1 is 1.16 bits per heavy atom. The fourth-order valence-corrected chi connectivity index (χ4v) is 6.59. The molecule has 4 fully saturated rings. The molecule has 0 radical (unpaired) electrons. The summed E-state index contributed by atoms with van der Waals surface area (Å²) >= 11 is 0. The lowest BCUT2D eigenvalue weighted by atomic mass is 9.39. The molecule has 0 amide bonds. The van der Waals surface area contributed by atoms with E-state index in [1.165, 1.54) is 38.5 Å². The predicted octanol–water partition coefficient (Wildman–Crippen LogP) is 4.31. The van der Waals surface area contributed by atoms with Gasteiger partial charge in [-0.1, -0.05) is 13.8 Å². The molecule has 1 N–H and O–H groups in total. The first-order valence-electron chi connectivity index (χ1n) is 7.64. The van der Waals surface area contributed by atoms with Crippen molar-refractivity contribution in [1.82, 2.24) is 0 Å². The lowest BCUT2D eigenvalue weighted by molar-refractivity contribution is -0.190. The van der Waals surface area contributed by atoms with E-state index in [0.29, 0.717) is 10.8 Å². The first-order chi connectivity index (χ1) is 8.92. The molecule has 0 aliphatic heterocycles. The Morgan fingerprint density at radius 2 is 1.84 bits per heavy atom. The molecule has 5 rings (SSSR count). The van der Waals surface area contributed by atoms with Gasteiger partial charge in [-0.2, -0.15) is 0 Å². The molecule has 4 bridgehead atoms. The van der Waals surface area contributed by atoms with Crippen LogP contribution in [0, 0.1) is 22.2 Å². The van der Waals surface area contributed by atoms with Crippen LogP contribution < -0.4 is 0 Å². The van der Waals surface area contributed by atoms with Gasteiger partial charge in [-0.3, -0.25) is 0 Å². The van der Waals surface area contributed by atoms with Gasteiger partial charge in [0.25, 0.3) is 0 Å². The van der Waals surface area contributed by atoms with Crippen molar-refractivity contribution in [2.75, 3.05) is 0 Å². The smallest absolute Gasteiger partial charge is 0.132 e. The highest BCUT2D eigenvalue weighted by Crippen LogP contribution is 2.72. The van der Waals surface area contributed by atoms with Crippen molar-refractivity contribution >= 4 is 0 Å². The Bertz CT molecular complexity index is 471. The summed E-state index contributed by atoms with van der Waals surface area (Å²) in [5, 5.41) is 10.9. The summed E-state index contributed by atoms with van der Waals surface area (Å²) in [6, 6.07) is 3.83. The molecule has 104 valence electrons. The zero-order chi connectivity index (χ0) is 13.3. The number of hydrogen-bond acceptors (Lipinski definition) is 2. The maximum Gasteiger partial charge on any atom is 0.132 e. The van der Waals surface area contributed by atoms with Gasteiger partial charge < -0.3 is 9.52 Å². The van der Waals surface area contributed by atoms with Crippen LogP contribution in [0.5, 0.6) is 0 Å². The molecule has 1 aromatic heterocycles. The van der Waals surface area contributed by atoms with Gasteiger partial charge in [0.2, 0.25) is 0 Å². The summed E-state index contributed by atoms with van der Waals surface area (Å²) in [5.41, 5.74) is 0.963. The van der Waals surface area contributed by atoms with Crippen LogP contribution in [0.3, 0.4) is 0 Å². The predicted molar refractivity (Wildman–Crippen MR) is 73.5 cm³/mol. The van der Waals surface area contributed by atoms with Crippen molar-refractivity contribution in [3.8, 4) is 0 Å². The van der Waals surface area contributed by atoms with Crippen molar-refractivity contribution < 1.29 is 9.52 Å². The van der Waals surface area contributed by atoms with Gasteiger partial charge in [0.1, 0.15) is 11.9 Å². The Morgan fingerprint density at radius 3 is 2.37 bits per heavy atom. The van der Waals surface area contributed by atoms with E-state index < -0.39 is 6.10 Å². The average molecular weight is 260 g/mol. The number of aliphatic hydroxyl groups excluding tert-OH is 1. The maximum atomic E-state index is 10.9. The number of rotatable bonds is 2. The van der Waals surface area contributed by atoms with E-state index in [9.17, 15) is 5.11 Å². The average Bonchev–Trinajstić information content (AvgIpc) is 2.75. The fraction of sp³-hybridized carbons (Fsp3) is 0.765. The van der Waals surface area contributed by atoms with E-state index >= 15 is 0 Å². The number of furan rings is 1. The Labute approximate surface area is 115 Å². The Hall–Kier alpha value is -0.760. The zero-order valence-corrected chi connectivity index (χ0v) is 12.0. The van der Waals surface area contributed by atoms with E-state index in [1.807, 2.05) is 12.1 Å². The van der Waals surface area contributed by atoms with E-state index in [1.54, 1.807) is 6.26 Å². The number of hydrogen-bond donors (Lipinski definition) is 1. The maximum absolute atomic E-state index is 10.9. The quantitative estimate of drug-likeness (QED) is 0.859. The highest BCUT2D eigenvalue weighted by molar-refractivity contribution is 5.16. The van der Waals surface area contributed by atoms with Gasteiger partial charge in [-0.25, -0.2) is 0 Å². The molecule has 4 aliphatic carbocycles. The first-order valence-corrected chi connectivity index (χ1v) is 7.64. The summed E-state index contributed by atoms with van der Waals surface area (Å²) in [5.74, 6) is 1.59. The third kappa shape index (κ3) is 1.65. The fourth-order valence-electron chi connectivity index (χ4n) is 6.59. The molecule has 3 atom stereocenters. The molecule has 19 heavy (non-hydrogen) atoms. The van der Waals surface area contributed by atoms with Crippen LogP contribution in [0.2, 0.25) is 0 Å². The summed E-state index contributed by atoms with van der Waals surface area (Å²) in [4.78, 5) is 0. The molecule has 4 aliphatic rings. The second kappa shape index (κ2) is 3.46. The highest BCUT2D eigenvalue weighted by atomic mass is 16.4. The zero-order valence-electron chi connectivity index (χ0n) is 12.0. The van der Waals surface area contributed by atoms with Crippen molar-refractivity contribution in [3.63, 3.8) is 0 Å². The number of aliphatic hydroxyl groups is 1. The van der Waals surface area contributed by atoms with Crippen LogP contribution in [-0.4, -0.2) is 5.11 Å². The van der Waals surface area contributed by atoms with Gasteiger partial charge >= 0.3 is 0 Å². The minimum Gasteiger partial charge on any atom is -0.467 e. The summed E-state index contributed by atoms with van der Waals surface area (Å²) in [6.45, 7) is 4.89. The summed E-state index contributed by atoms with van der Waals surface area (Å²) < 4.78 is 5.50. The third-order valence-electron chi connectivity index (χ3n) is 6.06. The van der Waals surface area contributed by atoms with E-state index in [0.717, 1.165) is 11.7 Å². The summed E-state index contributed by atoms with van der Waals surface area (Å²) in [6.07, 6.45) is 8.91. The minimum absolute atomic E-state index is 0.0702. The SMILES string of the molecule is CC12CC3CC(C)(C1)CC(C(O)c1ccco1)(C3)C2. The molecule has 1 heterocycles. The minimum atomic E-state index is -0.412. The lowest BCUT2D eigenvalue weighted by Crippen LogP contribution is -2.56. The Balaban J connectivity index is 1.75. The molecule has 0 aromatic carbocycles. The third-order valence-corrected chi connectivity index (χ3v) is 6.06. The van der Waals surface area contributed by atoms with Crippen molar-refractivity contribution in [2.24, 2.45) is 22.2 Å².